The van der Waals surface area contributed by atoms with Crippen LogP contribution >= 0.6 is 0 Å². The number of nitrogens with one attached hydrogen (secondary N) is 1. The summed E-state index contributed by atoms with van der Waals surface area (Å²) in [5, 5.41) is 11.5. The van der Waals surface area contributed by atoms with Crippen LogP contribution in [0.2, 0.25) is 0 Å². The Bertz CT molecular complexity index is 384. The summed E-state index contributed by atoms with van der Waals surface area (Å²) in [5.74, 6) is -0.332. The molecule has 1 N–H and O–H groups in total. The quantitative estimate of drug-likeness (QED) is 0.793. The number of amides is 1. The molecule has 1 aromatic heterocycles. The van der Waals surface area contributed by atoms with Gasteiger partial charge >= 0.3 is 0 Å². The van der Waals surface area contributed by atoms with E-state index in [1.165, 1.54) is 18.7 Å². The Balaban J connectivity index is 2.77. The van der Waals surface area contributed by atoms with E-state index >= 15 is 0 Å². The highest BCUT2D eigenvalue weighted by atomic mass is 16.1. The number of aromatic nitrogens is 2. The summed E-state index contributed by atoms with van der Waals surface area (Å²) in [6.45, 7) is 3.51. The first kappa shape index (κ1) is 11.1. The maximum Gasteiger partial charge on any atom is 0.255 e. The third-order valence-corrected chi connectivity index (χ3v) is 2.17. The second-order valence-corrected chi connectivity index (χ2v) is 3.38. The smallest absolute Gasteiger partial charge is 0.255 e. The molecule has 1 atom stereocenters. The number of carbonyl (C=O) groups is 1. The molecule has 15 heavy (non-hydrogen) atoms. The van der Waals surface area contributed by atoms with E-state index in [0.29, 0.717) is 12.0 Å². The van der Waals surface area contributed by atoms with Crippen LogP contribution in [-0.2, 0) is 0 Å². The van der Waals surface area contributed by atoms with E-state index in [1.54, 1.807) is 6.92 Å². The molecule has 0 aliphatic carbocycles. The van der Waals surface area contributed by atoms with Gasteiger partial charge in [0.2, 0.25) is 0 Å². The Morgan fingerprint density at radius 2 is 2.20 bits per heavy atom. The first-order valence-electron chi connectivity index (χ1n) is 4.60. The van der Waals surface area contributed by atoms with Crippen molar-refractivity contribution in [2.75, 3.05) is 0 Å². The number of hydrogen-bond acceptors (Lipinski definition) is 4. The molecule has 1 amide bonds. The van der Waals surface area contributed by atoms with E-state index < -0.39 is 5.54 Å². The van der Waals surface area contributed by atoms with Gasteiger partial charge in [-0.25, -0.2) is 9.97 Å². The van der Waals surface area contributed by atoms with E-state index in [1.807, 2.05) is 6.92 Å². The van der Waals surface area contributed by atoms with Gasteiger partial charge in [0, 0.05) is 12.4 Å². The summed E-state index contributed by atoms with van der Waals surface area (Å²) in [6, 6.07) is 2.06. The number of nitrogens with zero attached hydrogens (tertiary/aromatic N) is 3. The van der Waals surface area contributed by atoms with Crippen LogP contribution in [0.1, 0.15) is 30.6 Å². The van der Waals surface area contributed by atoms with E-state index in [2.05, 4.69) is 21.4 Å². The summed E-state index contributed by atoms with van der Waals surface area (Å²) in [4.78, 5) is 19.1. The predicted molar refractivity (Wildman–Crippen MR) is 53.8 cm³/mol. The highest BCUT2D eigenvalue weighted by Crippen LogP contribution is 2.08. The van der Waals surface area contributed by atoms with Crippen LogP contribution in [0.25, 0.3) is 0 Å². The Morgan fingerprint density at radius 1 is 1.60 bits per heavy atom. The molecule has 1 heterocycles. The highest BCUT2D eigenvalue weighted by molar-refractivity contribution is 5.94. The summed E-state index contributed by atoms with van der Waals surface area (Å²) in [6.07, 6.45) is 4.72. The van der Waals surface area contributed by atoms with E-state index in [0.717, 1.165) is 0 Å². The lowest BCUT2D eigenvalue weighted by Crippen LogP contribution is -2.44. The number of carbonyl (C=O) groups excluding carboxylic acids is 1. The topological polar surface area (TPSA) is 78.7 Å². The van der Waals surface area contributed by atoms with Crippen LogP contribution in [0.15, 0.2) is 18.7 Å². The third-order valence-electron chi connectivity index (χ3n) is 2.17. The van der Waals surface area contributed by atoms with Crippen molar-refractivity contribution in [2.24, 2.45) is 0 Å². The number of nitriles is 1. The van der Waals surface area contributed by atoms with Crippen molar-refractivity contribution < 1.29 is 4.79 Å². The highest BCUT2D eigenvalue weighted by Gasteiger charge is 2.24. The molecular formula is C10H12N4O. The standard InChI is InChI=1S/C10H12N4O/c1-3-10(2,6-11)14-9(15)8-4-12-7-13-5-8/h4-5,7H,3H2,1-2H3,(H,14,15). The zero-order chi connectivity index (χ0) is 11.3. The molecule has 0 aliphatic rings. The molecule has 1 rings (SSSR count). The molecule has 0 bridgehead atoms. The predicted octanol–water partition coefficient (Wildman–Crippen LogP) is 0.899. The molecule has 0 radical (unpaired) electrons. The maximum absolute atomic E-state index is 11.6. The molecule has 78 valence electrons. The maximum atomic E-state index is 11.6. The zero-order valence-corrected chi connectivity index (χ0v) is 8.69. The summed E-state index contributed by atoms with van der Waals surface area (Å²) in [7, 11) is 0. The van der Waals surface area contributed by atoms with Gasteiger partial charge in [-0.3, -0.25) is 4.79 Å². The third kappa shape index (κ3) is 2.74. The van der Waals surface area contributed by atoms with Crippen molar-refractivity contribution in [1.29, 1.82) is 5.26 Å². The molecular weight excluding hydrogens is 192 g/mol. The minimum absolute atomic E-state index is 0.332. The van der Waals surface area contributed by atoms with Gasteiger partial charge in [0.25, 0.3) is 5.91 Å². The molecule has 5 heteroatoms. The normalized spacial score (nSPS) is 13.7. The average molecular weight is 204 g/mol. The van der Waals surface area contributed by atoms with Gasteiger partial charge in [0.1, 0.15) is 11.9 Å². The minimum Gasteiger partial charge on any atom is -0.334 e. The van der Waals surface area contributed by atoms with Crippen LogP contribution in [0.3, 0.4) is 0 Å². The van der Waals surface area contributed by atoms with Crippen LogP contribution in [0.4, 0.5) is 0 Å². The van der Waals surface area contributed by atoms with Gasteiger partial charge in [-0.1, -0.05) is 6.92 Å². The van der Waals surface area contributed by atoms with Crippen LogP contribution in [0, 0.1) is 11.3 Å². The summed E-state index contributed by atoms with van der Waals surface area (Å²) < 4.78 is 0. The monoisotopic (exact) mass is 204 g/mol. The average Bonchev–Trinajstić information content (AvgIpc) is 2.30. The molecule has 1 unspecified atom stereocenters. The van der Waals surface area contributed by atoms with E-state index in [-0.39, 0.29) is 5.91 Å². The Hall–Kier alpha value is -1.96. The molecule has 0 spiro atoms. The second kappa shape index (κ2) is 4.51. The SMILES string of the molecule is CCC(C)(C#N)NC(=O)c1cncnc1. The van der Waals surface area contributed by atoms with Crippen molar-refractivity contribution in [3.05, 3.63) is 24.3 Å². The second-order valence-electron chi connectivity index (χ2n) is 3.38. The fraction of sp³-hybridized carbons (Fsp3) is 0.400. The first-order valence-corrected chi connectivity index (χ1v) is 4.60. The lowest BCUT2D eigenvalue weighted by Gasteiger charge is -2.20. The number of hydrogen-bond donors (Lipinski definition) is 1. The molecule has 1 aromatic rings. The van der Waals surface area contributed by atoms with E-state index in [9.17, 15) is 4.79 Å². The molecule has 0 saturated heterocycles. The Labute approximate surface area is 88.2 Å². The molecule has 0 aromatic carbocycles. The fourth-order valence-electron chi connectivity index (χ4n) is 0.934. The van der Waals surface area contributed by atoms with E-state index in [4.69, 9.17) is 5.26 Å². The molecule has 5 nitrogen and oxygen atoms in total. The van der Waals surface area contributed by atoms with Gasteiger partial charge in [-0.05, 0) is 13.3 Å². The van der Waals surface area contributed by atoms with Crippen molar-refractivity contribution >= 4 is 5.91 Å². The summed E-state index contributed by atoms with van der Waals surface area (Å²) in [5.41, 5.74) is -0.486. The lowest BCUT2D eigenvalue weighted by molar-refractivity contribution is 0.0922. The fourth-order valence-corrected chi connectivity index (χ4v) is 0.934. The van der Waals surface area contributed by atoms with Crippen molar-refractivity contribution in [1.82, 2.24) is 15.3 Å². The Morgan fingerprint density at radius 3 is 2.67 bits per heavy atom. The minimum atomic E-state index is -0.840. The lowest BCUT2D eigenvalue weighted by atomic mass is 10.0. The van der Waals surface area contributed by atoms with Crippen LogP contribution in [0.5, 0.6) is 0 Å². The zero-order valence-electron chi connectivity index (χ0n) is 8.69. The first-order chi connectivity index (χ1) is 7.11. The molecule has 0 saturated carbocycles. The largest absolute Gasteiger partial charge is 0.334 e. The Kier molecular flexibility index (Phi) is 3.34. The molecule has 0 aliphatic heterocycles. The van der Waals surface area contributed by atoms with Gasteiger partial charge in [-0.15, -0.1) is 0 Å². The van der Waals surface area contributed by atoms with Gasteiger partial charge < -0.3 is 5.32 Å². The van der Waals surface area contributed by atoms with Gasteiger partial charge in [0.15, 0.2) is 0 Å². The van der Waals surface area contributed by atoms with Crippen molar-refractivity contribution in [2.45, 2.75) is 25.8 Å². The van der Waals surface area contributed by atoms with Gasteiger partial charge in [0.05, 0.1) is 11.6 Å². The van der Waals surface area contributed by atoms with Crippen LogP contribution < -0.4 is 5.32 Å². The molecule has 0 fully saturated rings. The number of rotatable bonds is 3. The van der Waals surface area contributed by atoms with Crippen LogP contribution in [-0.4, -0.2) is 21.4 Å². The van der Waals surface area contributed by atoms with Crippen molar-refractivity contribution in [3.63, 3.8) is 0 Å². The van der Waals surface area contributed by atoms with Crippen molar-refractivity contribution in [3.8, 4) is 6.07 Å². The van der Waals surface area contributed by atoms with Gasteiger partial charge in [-0.2, -0.15) is 5.26 Å². The summed E-state index contributed by atoms with van der Waals surface area (Å²) >= 11 is 0.